The number of ether oxygens (including phenoxy) is 1. The zero-order valence-electron chi connectivity index (χ0n) is 21.1. The van der Waals surface area contributed by atoms with Gasteiger partial charge in [-0.05, 0) is 76.4 Å². The molecule has 0 saturated carbocycles. The Morgan fingerprint density at radius 1 is 1.26 bits per heavy atom. The number of benzene rings is 1. The van der Waals surface area contributed by atoms with Crippen LogP contribution in [0.25, 0.3) is 0 Å². The van der Waals surface area contributed by atoms with Gasteiger partial charge in [0.1, 0.15) is 12.4 Å². The number of carboxylic acid groups (broad SMARTS) is 1. The molecule has 1 aromatic rings. The van der Waals surface area contributed by atoms with Crippen LogP contribution in [0.2, 0.25) is 0 Å². The Bertz CT molecular complexity index is 855. The highest BCUT2D eigenvalue weighted by Gasteiger charge is 2.35. The lowest BCUT2D eigenvalue weighted by atomic mass is 9.90. The summed E-state index contributed by atoms with van der Waals surface area (Å²) in [5, 5.41) is 9.20. The van der Waals surface area contributed by atoms with Gasteiger partial charge in [-0.25, -0.2) is 0 Å². The van der Waals surface area contributed by atoms with Crippen LogP contribution in [0.15, 0.2) is 16.7 Å². The molecule has 1 aliphatic rings. The third-order valence-electron chi connectivity index (χ3n) is 6.38. The SMILES string of the molecule is CCCc1cc(CC(C)(CC(=O)N2CCC(C(=O)O)CC2)SN=O)c(C)cc1OCCN(C)C. The molecule has 0 bridgehead atoms. The number of hydrogen-bond acceptors (Lipinski definition) is 7. The molecule has 190 valence electrons. The van der Waals surface area contributed by atoms with Gasteiger partial charge in [-0.2, -0.15) is 0 Å². The molecule has 1 unspecified atom stereocenters. The molecule has 0 radical (unpaired) electrons. The molecule has 1 saturated heterocycles. The van der Waals surface area contributed by atoms with Crippen LogP contribution < -0.4 is 4.74 Å². The quantitative estimate of drug-likeness (QED) is 0.323. The molecule has 1 atom stereocenters. The highest BCUT2D eigenvalue weighted by Crippen LogP contribution is 2.37. The number of likely N-dealkylation sites (N-methyl/N-ethyl adjacent to an activating group) is 1. The number of likely N-dealkylation sites (tertiary alicyclic amines) is 1. The van der Waals surface area contributed by atoms with E-state index in [1.165, 1.54) is 0 Å². The minimum atomic E-state index is -0.801. The van der Waals surface area contributed by atoms with Gasteiger partial charge in [0.05, 0.1) is 10.7 Å². The Morgan fingerprint density at radius 3 is 2.50 bits per heavy atom. The Labute approximate surface area is 207 Å². The summed E-state index contributed by atoms with van der Waals surface area (Å²) in [6.07, 6.45) is 3.50. The first-order valence-electron chi connectivity index (χ1n) is 12.0. The normalized spacial score (nSPS) is 16.4. The Morgan fingerprint density at radius 2 is 1.94 bits per heavy atom. The number of amides is 1. The molecule has 1 heterocycles. The predicted octanol–water partition coefficient (Wildman–Crippen LogP) is 4.32. The molecule has 8 nitrogen and oxygen atoms in total. The number of aryl methyl sites for hydroxylation is 2. The van der Waals surface area contributed by atoms with Crippen molar-refractivity contribution in [1.29, 1.82) is 0 Å². The summed E-state index contributed by atoms with van der Waals surface area (Å²) in [7, 11) is 4.03. The summed E-state index contributed by atoms with van der Waals surface area (Å²) in [5.41, 5.74) is 3.28. The second-order valence-corrected chi connectivity index (χ2v) is 11.1. The maximum atomic E-state index is 13.0. The van der Waals surface area contributed by atoms with Crippen LogP contribution in [0.1, 0.15) is 56.2 Å². The molecule has 2 rings (SSSR count). The Hall–Kier alpha value is -2.13. The molecule has 0 spiro atoms. The summed E-state index contributed by atoms with van der Waals surface area (Å²) < 4.78 is 8.46. The predicted molar refractivity (Wildman–Crippen MR) is 136 cm³/mol. The van der Waals surface area contributed by atoms with Gasteiger partial charge in [0.25, 0.3) is 0 Å². The Balaban J connectivity index is 2.16. The van der Waals surface area contributed by atoms with Crippen LogP contribution in [0.3, 0.4) is 0 Å². The lowest BCUT2D eigenvalue weighted by Gasteiger charge is -2.33. The van der Waals surface area contributed by atoms with Crippen LogP contribution in [0.4, 0.5) is 0 Å². The van der Waals surface area contributed by atoms with Gasteiger partial charge in [0, 0.05) is 42.6 Å². The van der Waals surface area contributed by atoms with E-state index in [2.05, 4.69) is 28.5 Å². The summed E-state index contributed by atoms with van der Waals surface area (Å²) in [6.45, 7) is 8.37. The average molecular weight is 494 g/mol. The van der Waals surface area contributed by atoms with Crippen LogP contribution in [-0.2, 0) is 22.4 Å². The first kappa shape index (κ1) is 28.1. The number of aliphatic carboxylic acids is 1. The number of hydrogen-bond donors (Lipinski definition) is 1. The minimum Gasteiger partial charge on any atom is -0.492 e. The van der Waals surface area contributed by atoms with Crippen LogP contribution in [0, 0.1) is 17.7 Å². The van der Waals surface area contributed by atoms with Gasteiger partial charge in [0.2, 0.25) is 5.91 Å². The summed E-state index contributed by atoms with van der Waals surface area (Å²) >= 11 is 0.912. The van der Waals surface area contributed by atoms with Gasteiger partial charge in [-0.3, -0.25) is 9.59 Å². The second-order valence-electron chi connectivity index (χ2n) is 9.75. The van der Waals surface area contributed by atoms with Crippen molar-refractivity contribution < 1.29 is 19.4 Å². The number of carbonyl (C=O) groups excluding carboxylic acids is 1. The van der Waals surface area contributed by atoms with Crippen molar-refractivity contribution in [2.24, 2.45) is 10.5 Å². The zero-order chi connectivity index (χ0) is 25.3. The number of carbonyl (C=O) groups is 2. The van der Waals surface area contributed by atoms with Gasteiger partial charge in [-0.15, -0.1) is 4.91 Å². The third-order valence-corrected chi connectivity index (χ3v) is 7.18. The fourth-order valence-electron chi connectivity index (χ4n) is 4.33. The molecule has 1 aromatic carbocycles. The standard InChI is InChI=1S/C25H39N3O5S/c1-6-7-20-15-21(18(2)14-22(20)33-13-12-27(4)5)16-25(3,34-26-32)17-23(29)28-10-8-19(9-11-28)24(30)31/h14-15,19H,6-13,16-17H2,1-5H3,(H,30,31). The van der Waals surface area contributed by atoms with Crippen molar-refractivity contribution in [3.05, 3.63) is 33.7 Å². The van der Waals surface area contributed by atoms with E-state index in [1.807, 2.05) is 27.9 Å². The van der Waals surface area contributed by atoms with Crippen molar-refractivity contribution in [3.8, 4) is 5.75 Å². The van der Waals surface area contributed by atoms with Crippen LogP contribution >= 0.6 is 11.9 Å². The van der Waals surface area contributed by atoms with Crippen molar-refractivity contribution in [2.45, 2.75) is 64.0 Å². The molecular formula is C25H39N3O5S. The fourth-order valence-corrected chi connectivity index (χ4v) is 4.92. The summed E-state index contributed by atoms with van der Waals surface area (Å²) in [4.78, 5) is 39.3. The maximum absolute atomic E-state index is 13.0. The number of rotatable bonds is 13. The summed E-state index contributed by atoms with van der Waals surface area (Å²) in [5.74, 6) is -0.354. The second kappa shape index (κ2) is 13.1. The van der Waals surface area contributed by atoms with E-state index in [0.717, 1.165) is 53.8 Å². The molecule has 0 aromatic heterocycles. The average Bonchev–Trinajstić information content (AvgIpc) is 2.76. The van der Waals surface area contributed by atoms with E-state index in [4.69, 9.17) is 4.74 Å². The molecule has 9 heteroatoms. The van der Waals surface area contributed by atoms with E-state index >= 15 is 0 Å². The third kappa shape index (κ3) is 8.27. The summed E-state index contributed by atoms with van der Waals surface area (Å²) in [6, 6.07) is 4.21. The zero-order valence-corrected chi connectivity index (χ0v) is 21.9. The number of nitroso groups, excluding NO2 is 1. The monoisotopic (exact) mass is 493 g/mol. The number of carboxylic acids is 1. The molecule has 0 aliphatic carbocycles. The van der Waals surface area contributed by atoms with Gasteiger partial charge in [-0.1, -0.05) is 19.4 Å². The molecule has 34 heavy (non-hydrogen) atoms. The number of nitrogens with zero attached hydrogens (tertiary/aromatic N) is 3. The smallest absolute Gasteiger partial charge is 0.306 e. The molecule has 1 fully saturated rings. The van der Waals surface area contributed by atoms with E-state index in [1.54, 1.807) is 4.90 Å². The maximum Gasteiger partial charge on any atom is 0.306 e. The largest absolute Gasteiger partial charge is 0.492 e. The van der Waals surface area contributed by atoms with E-state index < -0.39 is 10.7 Å². The minimum absolute atomic E-state index is 0.0578. The van der Waals surface area contributed by atoms with E-state index in [9.17, 15) is 19.6 Å². The van der Waals surface area contributed by atoms with Gasteiger partial charge in [0.15, 0.2) is 0 Å². The van der Waals surface area contributed by atoms with Gasteiger partial charge < -0.3 is 19.6 Å². The van der Waals surface area contributed by atoms with Crippen LogP contribution in [-0.4, -0.2) is 71.9 Å². The highest BCUT2D eigenvalue weighted by atomic mass is 32.2. The van der Waals surface area contributed by atoms with E-state index in [0.29, 0.717) is 39.0 Å². The number of piperidine rings is 1. The molecule has 1 N–H and O–H groups in total. The topological polar surface area (TPSA) is 99.5 Å². The van der Waals surface area contributed by atoms with Crippen molar-refractivity contribution >= 4 is 23.8 Å². The van der Waals surface area contributed by atoms with Crippen LogP contribution in [0.5, 0.6) is 5.75 Å². The van der Waals surface area contributed by atoms with Gasteiger partial charge >= 0.3 is 5.97 Å². The van der Waals surface area contributed by atoms with Crippen molar-refractivity contribution in [3.63, 3.8) is 0 Å². The lowest BCUT2D eigenvalue weighted by molar-refractivity contribution is -0.145. The van der Waals surface area contributed by atoms with Crippen molar-refractivity contribution in [1.82, 2.24) is 9.80 Å². The lowest BCUT2D eigenvalue weighted by Crippen LogP contribution is -2.43. The van der Waals surface area contributed by atoms with Crippen molar-refractivity contribution in [2.75, 3.05) is 40.3 Å². The fraction of sp³-hybridized carbons (Fsp3) is 0.680. The highest BCUT2D eigenvalue weighted by molar-refractivity contribution is 7.99. The molecule has 1 amide bonds. The first-order valence-corrected chi connectivity index (χ1v) is 12.8. The molecule has 1 aliphatic heterocycles. The molecular weight excluding hydrogens is 454 g/mol. The Kier molecular flexibility index (Phi) is 10.8. The first-order chi connectivity index (χ1) is 16.1. The van der Waals surface area contributed by atoms with E-state index in [-0.39, 0.29) is 18.2 Å².